The van der Waals surface area contributed by atoms with E-state index >= 15 is 0 Å². The standard InChI is InChI=1S/C12H9Br2ClFN3/c13-7-3-6(4-18-5-7)12(19-17)8-1-2-9(14)10(15)11(8)16/h1-5,12,19H,17H2. The minimum Gasteiger partial charge on any atom is -0.271 e. The SMILES string of the molecule is NNC(c1cncc(Br)c1)c1ccc(Br)c(Cl)c1F. The molecule has 3 nitrogen and oxygen atoms in total. The highest BCUT2D eigenvalue weighted by Crippen LogP contribution is 2.32. The number of nitrogens with two attached hydrogens (primary N) is 1. The predicted molar refractivity (Wildman–Crippen MR) is 80.2 cm³/mol. The maximum Gasteiger partial charge on any atom is 0.148 e. The van der Waals surface area contributed by atoms with E-state index in [0.29, 0.717) is 10.0 Å². The van der Waals surface area contributed by atoms with Crippen LogP contribution in [0.3, 0.4) is 0 Å². The van der Waals surface area contributed by atoms with E-state index in [0.717, 1.165) is 10.0 Å². The zero-order valence-electron chi connectivity index (χ0n) is 9.50. The van der Waals surface area contributed by atoms with Gasteiger partial charge < -0.3 is 0 Å². The van der Waals surface area contributed by atoms with Gasteiger partial charge in [-0.1, -0.05) is 17.7 Å². The number of benzene rings is 1. The van der Waals surface area contributed by atoms with Crippen molar-refractivity contribution in [1.82, 2.24) is 10.4 Å². The van der Waals surface area contributed by atoms with Crippen LogP contribution < -0.4 is 11.3 Å². The Hall–Kier alpha value is -0.530. The normalized spacial score (nSPS) is 12.5. The van der Waals surface area contributed by atoms with Gasteiger partial charge in [0, 0.05) is 26.9 Å². The van der Waals surface area contributed by atoms with Gasteiger partial charge >= 0.3 is 0 Å². The molecule has 7 heteroatoms. The Morgan fingerprint density at radius 3 is 2.68 bits per heavy atom. The highest BCUT2D eigenvalue weighted by atomic mass is 79.9. The van der Waals surface area contributed by atoms with Crippen molar-refractivity contribution in [2.45, 2.75) is 6.04 Å². The Kier molecular flexibility index (Phi) is 4.92. The first kappa shape index (κ1) is 14.9. The van der Waals surface area contributed by atoms with Gasteiger partial charge in [0.1, 0.15) is 5.82 Å². The fourth-order valence-corrected chi connectivity index (χ4v) is 2.58. The molecule has 0 spiro atoms. The Bertz CT molecular complexity index is 610. The van der Waals surface area contributed by atoms with Crippen LogP contribution in [-0.4, -0.2) is 4.98 Å². The number of hydrogen-bond acceptors (Lipinski definition) is 3. The molecule has 0 bridgehead atoms. The van der Waals surface area contributed by atoms with E-state index in [4.69, 9.17) is 17.4 Å². The first-order valence-corrected chi connectivity index (χ1v) is 7.21. The molecular formula is C12H9Br2ClFN3. The zero-order valence-corrected chi connectivity index (χ0v) is 13.4. The van der Waals surface area contributed by atoms with Crippen molar-refractivity contribution in [2.75, 3.05) is 0 Å². The zero-order chi connectivity index (χ0) is 14.0. The van der Waals surface area contributed by atoms with Gasteiger partial charge in [0.25, 0.3) is 0 Å². The summed E-state index contributed by atoms with van der Waals surface area (Å²) in [7, 11) is 0. The number of aromatic nitrogens is 1. The van der Waals surface area contributed by atoms with E-state index in [-0.39, 0.29) is 5.02 Å². The second kappa shape index (κ2) is 6.28. The molecule has 0 fully saturated rings. The summed E-state index contributed by atoms with van der Waals surface area (Å²) >= 11 is 12.4. The summed E-state index contributed by atoms with van der Waals surface area (Å²) in [5, 5.41) is 0.0284. The fraction of sp³-hybridized carbons (Fsp3) is 0.0833. The lowest BCUT2D eigenvalue weighted by Crippen LogP contribution is -2.29. The van der Waals surface area contributed by atoms with Gasteiger partial charge in [-0.2, -0.15) is 0 Å². The number of nitrogens with zero attached hydrogens (tertiary/aromatic N) is 1. The van der Waals surface area contributed by atoms with E-state index in [1.807, 2.05) is 6.07 Å². The fourth-order valence-electron chi connectivity index (χ4n) is 1.72. The number of pyridine rings is 1. The molecule has 0 aliphatic rings. The summed E-state index contributed by atoms with van der Waals surface area (Å²) in [6, 6.07) is 4.58. The molecule has 0 saturated carbocycles. The number of nitrogens with one attached hydrogen (secondary N) is 1. The molecule has 0 saturated heterocycles. The predicted octanol–water partition coefficient (Wildman–Crippen LogP) is 3.95. The van der Waals surface area contributed by atoms with Crippen LogP contribution in [0.1, 0.15) is 17.2 Å². The molecule has 0 radical (unpaired) electrons. The summed E-state index contributed by atoms with van der Waals surface area (Å²) in [6.07, 6.45) is 3.26. The van der Waals surface area contributed by atoms with Crippen LogP contribution in [0, 0.1) is 5.82 Å². The number of rotatable bonds is 3. The van der Waals surface area contributed by atoms with E-state index in [9.17, 15) is 4.39 Å². The van der Waals surface area contributed by atoms with E-state index in [1.54, 1.807) is 24.5 Å². The summed E-state index contributed by atoms with van der Waals surface area (Å²) in [6.45, 7) is 0. The number of halogens is 4. The highest BCUT2D eigenvalue weighted by molar-refractivity contribution is 9.10. The van der Waals surface area contributed by atoms with Crippen molar-refractivity contribution in [2.24, 2.45) is 5.84 Å². The van der Waals surface area contributed by atoms with Crippen LogP contribution in [-0.2, 0) is 0 Å². The monoisotopic (exact) mass is 407 g/mol. The Morgan fingerprint density at radius 2 is 2.05 bits per heavy atom. The lowest BCUT2D eigenvalue weighted by molar-refractivity contribution is 0.559. The molecule has 2 rings (SSSR count). The Balaban J connectivity index is 2.51. The Morgan fingerprint density at radius 1 is 1.32 bits per heavy atom. The average molecular weight is 409 g/mol. The molecule has 0 aliphatic carbocycles. The molecule has 19 heavy (non-hydrogen) atoms. The van der Waals surface area contributed by atoms with Crippen molar-refractivity contribution in [1.29, 1.82) is 0 Å². The van der Waals surface area contributed by atoms with Gasteiger partial charge in [-0.05, 0) is 49.6 Å². The van der Waals surface area contributed by atoms with Crippen LogP contribution in [0.5, 0.6) is 0 Å². The summed E-state index contributed by atoms with van der Waals surface area (Å²) in [4.78, 5) is 4.04. The first-order chi connectivity index (χ1) is 9.04. The van der Waals surface area contributed by atoms with Crippen LogP contribution in [0.2, 0.25) is 5.02 Å². The van der Waals surface area contributed by atoms with Gasteiger partial charge in [0.15, 0.2) is 0 Å². The smallest absolute Gasteiger partial charge is 0.148 e. The van der Waals surface area contributed by atoms with Gasteiger partial charge in [0.2, 0.25) is 0 Å². The second-order valence-corrected chi connectivity index (χ2v) is 5.95. The summed E-state index contributed by atoms with van der Waals surface area (Å²) in [5.74, 6) is 5.01. The van der Waals surface area contributed by atoms with E-state index in [1.165, 1.54) is 0 Å². The lowest BCUT2D eigenvalue weighted by atomic mass is 10.0. The van der Waals surface area contributed by atoms with Crippen LogP contribution in [0.4, 0.5) is 4.39 Å². The average Bonchev–Trinajstić information content (AvgIpc) is 2.40. The molecule has 100 valence electrons. The molecule has 1 heterocycles. The summed E-state index contributed by atoms with van der Waals surface area (Å²) in [5.41, 5.74) is 3.66. The van der Waals surface area contributed by atoms with Crippen molar-refractivity contribution in [3.63, 3.8) is 0 Å². The largest absolute Gasteiger partial charge is 0.271 e. The van der Waals surface area contributed by atoms with Gasteiger partial charge in [-0.15, -0.1) is 0 Å². The first-order valence-electron chi connectivity index (χ1n) is 5.24. The van der Waals surface area contributed by atoms with Gasteiger partial charge in [-0.25, -0.2) is 9.82 Å². The van der Waals surface area contributed by atoms with Crippen LogP contribution in [0.25, 0.3) is 0 Å². The third-order valence-electron chi connectivity index (χ3n) is 2.60. The highest BCUT2D eigenvalue weighted by Gasteiger charge is 2.20. The third-order valence-corrected chi connectivity index (χ3v) is 4.29. The minimum absolute atomic E-state index is 0.0284. The number of hydrazine groups is 1. The molecule has 0 amide bonds. The Labute approximate surface area is 131 Å². The molecule has 1 aromatic carbocycles. The maximum absolute atomic E-state index is 14.2. The minimum atomic E-state index is -0.532. The molecule has 1 unspecified atom stereocenters. The molecule has 1 atom stereocenters. The van der Waals surface area contributed by atoms with Crippen molar-refractivity contribution in [3.8, 4) is 0 Å². The molecule has 3 N–H and O–H groups in total. The van der Waals surface area contributed by atoms with E-state index < -0.39 is 11.9 Å². The molecule has 1 aromatic heterocycles. The van der Waals surface area contributed by atoms with Gasteiger partial charge in [0.05, 0.1) is 11.1 Å². The third kappa shape index (κ3) is 3.14. The van der Waals surface area contributed by atoms with Gasteiger partial charge in [-0.3, -0.25) is 10.8 Å². The molecule has 0 aliphatic heterocycles. The van der Waals surface area contributed by atoms with E-state index in [2.05, 4.69) is 42.3 Å². The molecule has 2 aromatic rings. The maximum atomic E-state index is 14.2. The quantitative estimate of drug-likeness (QED) is 0.459. The summed E-state index contributed by atoms with van der Waals surface area (Å²) < 4.78 is 15.5. The second-order valence-electron chi connectivity index (χ2n) is 3.80. The topological polar surface area (TPSA) is 50.9 Å². The lowest BCUT2D eigenvalue weighted by Gasteiger charge is -2.18. The van der Waals surface area contributed by atoms with Crippen molar-refractivity contribution in [3.05, 3.63) is 61.5 Å². The van der Waals surface area contributed by atoms with Crippen LogP contribution in [0.15, 0.2) is 39.5 Å². The van der Waals surface area contributed by atoms with Crippen molar-refractivity contribution < 1.29 is 4.39 Å². The number of hydrogen-bond donors (Lipinski definition) is 2. The molecular weight excluding hydrogens is 400 g/mol. The van der Waals surface area contributed by atoms with Crippen LogP contribution >= 0.6 is 43.5 Å². The van der Waals surface area contributed by atoms with Crippen molar-refractivity contribution >= 4 is 43.5 Å².